The molecule has 0 spiro atoms. The second-order valence-corrected chi connectivity index (χ2v) is 8.59. The Morgan fingerprint density at radius 3 is 2.75 bits per heavy atom. The summed E-state index contributed by atoms with van der Waals surface area (Å²) in [5, 5.41) is 8.06. The standard InChI is InChI=1S/C22H22ClN3OS/c1-14-7-9-16(10-8-14)13-26-21(23)20(15(2)25-26)22(27)24-18-11-12-28-19-6-4-3-5-17(18)19/h3-10,18H,11-13H2,1-2H3,(H,24,27). The van der Waals surface area contributed by atoms with Crippen LogP contribution in [0.15, 0.2) is 53.4 Å². The van der Waals surface area contributed by atoms with Crippen molar-refractivity contribution in [3.05, 3.63) is 81.6 Å². The lowest BCUT2D eigenvalue weighted by Gasteiger charge is -2.25. The second kappa shape index (κ2) is 8.02. The average molecular weight is 412 g/mol. The van der Waals surface area contributed by atoms with Crippen molar-refractivity contribution in [2.24, 2.45) is 0 Å². The molecular formula is C22H22ClN3OS. The van der Waals surface area contributed by atoms with Crippen molar-refractivity contribution < 1.29 is 4.79 Å². The van der Waals surface area contributed by atoms with Gasteiger partial charge in [0, 0.05) is 10.6 Å². The van der Waals surface area contributed by atoms with E-state index in [1.54, 1.807) is 4.68 Å². The number of carbonyl (C=O) groups is 1. The van der Waals surface area contributed by atoms with Crippen LogP contribution >= 0.6 is 23.4 Å². The molecule has 0 fully saturated rings. The molecule has 3 aromatic rings. The third-order valence-electron chi connectivity index (χ3n) is 5.01. The molecule has 0 aliphatic carbocycles. The first-order chi connectivity index (χ1) is 13.5. The number of nitrogens with zero attached hydrogens (tertiary/aromatic N) is 2. The predicted octanol–water partition coefficient (Wildman–Crippen LogP) is 5.17. The molecule has 0 radical (unpaired) electrons. The molecule has 4 nitrogen and oxygen atoms in total. The number of fused-ring (bicyclic) bond motifs is 1. The Hall–Kier alpha value is -2.24. The molecule has 6 heteroatoms. The number of halogens is 1. The van der Waals surface area contributed by atoms with E-state index < -0.39 is 0 Å². The first-order valence-corrected chi connectivity index (χ1v) is 10.7. The molecule has 0 saturated heterocycles. The molecule has 1 aliphatic heterocycles. The highest BCUT2D eigenvalue weighted by Gasteiger charge is 2.26. The van der Waals surface area contributed by atoms with Crippen LogP contribution in [0.4, 0.5) is 0 Å². The van der Waals surface area contributed by atoms with Crippen molar-refractivity contribution in [3.63, 3.8) is 0 Å². The quantitative estimate of drug-likeness (QED) is 0.644. The zero-order chi connectivity index (χ0) is 19.7. The van der Waals surface area contributed by atoms with Gasteiger partial charge in [-0.3, -0.25) is 4.79 Å². The normalized spacial score (nSPS) is 15.9. The Labute approximate surface area is 174 Å². The van der Waals surface area contributed by atoms with Crippen LogP contribution in [-0.2, 0) is 6.54 Å². The largest absolute Gasteiger partial charge is 0.345 e. The molecule has 0 bridgehead atoms. The zero-order valence-corrected chi connectivity index (χ0v) is 17.5. The Balaban J connectivity index is 1.55. The van der Waals surface area contributed by atoms with E-state index in [0.29, 0.717) is 23.0 Å². The molecule has 28 heavy (non-hydrogen) atoms. The van der Waals surface area contributed by atoms with Crippen LogP contribution in [0.3, 0.4) is 0 Å². The number of thioether (sulfide) groups is 1. The molecule has 144 valence electrons. The van der Waals surface area contributed by atoms with Crippen molar-refractivity contribution in [3.8, 4) is 0 Å². The lowest BCUT2D eigenvalue weighted by atomic mass is 10.0. The molecule has 1 atom stereocenters. The van der Waals surface area contributed by atoms with Crippen molar-refractivity contribution in [2.45, 2.75) is 37.8 Å². The fourth-order valence-corrected chi connectivity index (χ4v) is 4.95. The highest BCUT2D eigenvalue weighted by atomic mass is 35.5. The predicted molar refractivity (Wildman–Crippen MR) is 114 cm³/mol. The van der Waals surface area contributed by atoms with Crippen LogP contribution in [0.2, 0.25) is 5.15 Å². The summed E-state index contributed by atoms with van der Waals surface area (Å²) >= 11 is 8.39. The van der Waals surface area contributed by atoms with Crippen molar-refractivity contribution >= 4 is 29.3 Å². The third-order valence-corrected chi connectivity index (χ3v) is 6.52. The lowest BCUT2D eigenvalue weighted by molar-refractivity contribution is 0.0934. The average Bonchev–Trinajstić information content (AvgIpc) is 2.97. The van der Waals surface area contributed by atoms with E-state index in [1.807, 2.05) is 30.8 Å². The molecule has 1 aromatic heterocycles. The van der Waals surface area contributed by atoms with Crippen molar-refractivity contribution in [2.75, 3.05) is 5.75 Å². The summed E-state index contributed by atoms with van der Waals surface area (Å²) < 4.78 is 1.70. The monoisotopic (exact) mass is 411 g/mol. The fourth-order valence-electron chi connectivity index (χ4n) is 3.50. The number of aromatic nitrogens is 2. The molecule has 1 aliphatic rings. The molecule has 2 heterocycles. The van der Waals surface area contributed by atoms with Crippen LogP contribution in [-0.4, -0.2) is 21.4 Å². The number of nitrogens with one attached hydrogen (secondary N) is 1. The molecule has 1 amide bonds. The third kappa shape index (κ3) is 3.82. The Kier molecular flexibility index (Phi) is 5.47. The van der Waals surface area contributed by atoms with E-state index in [9.17, 15) is 4.79 Å². The summed E-state index contributed by atoms with van der Waals surface area (Å²) in [4.78, 5) is 14.3. The molecule has 1 unspecified atom stereocenters. The Morgan fingerprint density at radius 1 is 1.21 bits per heavy atom. The molecular weight excluding hydrogens is 390 g/mol. The summed E-state index contributed by atoms with van der Waals surface area (Å²) in [7, 11) is 0. The summed E-state index contributed by atoms with van der Waals surface area (Å²) in [6.45, 7) is 4.42. The number of hydrogen-bond acceptors (Lipinski definition) is 3. The summed E-state index contributed by atoms with van der Waals surface area (Å²) in [6.07, 6.45) is 0.904. The maximum atomic E-state index is 13.0. The lowest BCUT2D eigenvalue weighted by Crippen LogP contribution is -2.31. The minimum absolute atomic E-state index is 0.000801. The minimum atomic E-state index is -0.163. The van der Waals surface area contributed by atoms with Gasteiger partial charge in [-0.05, 0) is 37.5 Å². The fraction of sp³-hybridized carbons (Fsp3) is 0.273. The van der Waals surface area contributed by atoms with Crippen LogP contribution in [0.25, 0.3) is 0 Å². The van der Waals surface area contributed by atoms with Gasteiger partial charge in [0.05, 0.1) is 23.8 Å². The minimum Gasteiger partial charge on any atom is -0.345 e. The van der Waals surface area contributed by atoms with E-state index in [4.69, 9.17) is 11.6 Å². The summed E-state index contributed by atoms with van der Waals surface area (Å²) in [6, 6.07) is 16.5. The molecule has 0 saturated carbocycles. The van der Waals surface area contributed by atoms with E-state index in [1.165, 1.54) is 16.0 Å². The van der Waals surface area contributed by atoms with E-state index in [2.05, 4.69) is 53.7 Å². The van der Waals surface area contributed by atoms with Gasteiger partial charge >= 0.3 is 0 Å². The zero-order valence-electron chi connectivity index (χ0n) is 15.9. The number of aryl methyl sites for hydroxylation is 2. The van der Waals surface area contributed by atoms with Gasteiger partial charge < -0.3 is 5.32 Å². The highest BCUT2D eigenvalue weighted by Crippen LogP contribution is 2.36. The summed E-state index contributed by atoms with van der Waals surface area (Å²) in [5.74, 6) is 0.825. The number of amides is 1. The highest BCUT2D eigenvalue weighted by molar-refractivity contribution is 7.99. The van der Waals surface area contributed by atoms with Gasteiger partial charge in [0.25, 0.3) is 5.91 Å². The second-order valence-electron chi connectivity index (χ2n) is 7.10. The van der Waals surface area contributed by atoms with E-state index in [-0.39, 0.29) is 11.9 Å². The van der Waals surface area contributed by atoms with Crippen molar-refractivity contribution in [1.29, 1.82) is 0 Å². The van der Waals surface area contributed by atoms with Gasteiger partial charge in [0.2, 0.25) is 0 Å². The first kappa shape index (κ1) is 19.1. The summed E-state index contributed by atoms with van der Waals surface area (Å²) in [5.41, 5.74) is 4.59. The van der Waals surface area contributed by atoms with Gasteiger partial charge in [0.1, 0.15) is 5.15 Å². The topological polar surface area (TPSA) is 46.9 Å². The van der Waals surface area contributed by atoms with Gasteiger partial charge in [-0.1, -0.05) is 59.6 Å². The van der Waals surface area contributed by atoms with Crippen LogP contribution in [0.1, 0.15) is 45.2 Å². The van der Waals surface area contributed by atoms with Gasteiger partial charge in [-0.2, -0.15) is 5.10 Å². The molecule has 2 aromatic carbocycles. The van der Waals surface area contributed by atoms with Crippen LogP contribution in [0, 0.1) is 13.8 Å². The molecule has 4 rings (SSSR count). The van der Waals surface area contributed by atoms with E-state index in [0.717, 1.165) is 17.7 Å². The number of benzene rings is 2. The first-order valence-electron chi connectivity index (χ1n) is 9.34. The Morgan fingerprint density at radius 2 is 1.96 bits per heavy atom. The van der Waals surface area contributed by atoms with Crippen LogP contribution < -0.4 is 5.32 Å². The maximum absolute atomic E-state index is 13.0. The smallest absolute Gasteiger partial charge is 0.256 e. The maximum Gasteiger partial charge on any atom is 0.256 e. The SMILES string of the molecule is Cc1ccc(Cn2nc(C)c(C(=O)NC3CCSc4ccccc43)c2Cl)cc1. The van der Waals surface area contributed by atoms with E-state index >= 15 is 0 Å². The number of hydrogen-bond donors (Lipinski definition) is 1. The van der Waals surface area contributed by atoms with Crippen LogP contribution in [0.5, 0.6) is 0 Å². The number of rotatable bonds is 4. The van der Waals surface area contributed by atoms with Crippen molar-refractivity contribution in [1.82, 2.24) is 15.1 Å². The molecule has 1 N–H and O–H groups in total. The number of carbonyl (C=O) groups excluding carboxylic acids is 1. The van der Waals surface area contributed by atoms with Gasteiger partial charge in [0.15, 0.2) is 0 Å². The van der Waals surface area contributed by atoms with Gasteiger partial charge in [-0.15, -0.1) is 11.8 Å². The Bertz CT molecular complexity index is 1010. The van der Waals surface area contributed by atoms with Gasteiger partial charge in [-0.25, -0.2) is 4.68 Å².